The maximum absolute atomic E-state index is 13.2. The van der Waals surface area contributed by atoms with Gasteiger partial charge in [-0.05, 0) is 62.1 Å². The second-order valence-corrected chi connectivity index (χ2v) is 10.6. The van der Waals surface area contributed by atoms with Crippen molar-refractivity contribution < 1.29 is 18.0 Å². The summed E-state index contributed by atoms with van der Waals surface area (Å²) in [5.41, 5.74) is 2.53. The third kappa shape index (κ3) is 5.44. The molecule has 1 fully saturated rings. The lowest BCUT2D eigenvalue weighted by atomic mass is 10.1. The van der Waals surface area contributed by atoms with Crippen molar-refractivity contribution in [2.24, 2.45) is 0 Å². The molecular weight excluding hydrogens is 462 g/mol. The first-order chi connectivity index (χ1) is 16.8. The van der Waals surface area contributed by atoms with Crippen LogP contribution in [0.3, 0.4) is 0 Å². The minimum absolute atomic E-state index is 0.0952. The van der Waals surface area contributed by atoms with Crippen molar-refractivity contribution in [2.75, 3.05) is 18.4 Å². The summed E-state index contributed by atoms with van der Waals surface area (Å²) in [6.45, 7) is 4.62. The zero-order chi connectivity index (χ0) is 25.0. The van der Waals surface area contributed by atoms with Crippen molar-refractivity contribution in [3.63, 3.8) is 0 Å². The highest BCUT2D eigenvalue weighted by molar-refractivity contribution is 7.89. The average molecular weight is 492 g/mol. The Hall–Kier alpha value is -3.49. The number of carbonyl (C=O) groups is 2. The standard InChI is InChI=1S/C27H29N3O4S/c1-19-14-15-22(35(33,34)30-16-8-9-17-30)18-24(19)27(32)29-25-13-7-6-12-23(25)26(31)28-20(2)21-10-4-3-5-11-21/h3-7,10-15,18,20H,8-9,16-17H2,1-2H3,(H,28,31)(H,29,32)/t20-/m1/s1. The van der Waals surface area contributed by atoms with Crippen molar-refractivity contribution in [1.29, 1.82) is 0 Å². The summed E-state index contributed by atoms with van der Waals surface area (Å²) in [5, 5.41) is 5.76. The zero-order valence-electron chi connectivity index (χ0n) is 19.8. The van der Waals surface area contributed by atoms with E-state index in [2.05, 4.69) is 10.6 Å². The number of anilines is 1. The van der Waals surface area contributed by atoms with Crippen LogP contribution in [0.5, 0.6) is 0 Å². The lowest BCUT2D eigenvalue weighted by Gasteiger charge is -2.18. The Labute approximate surface area is 206 Å². The van der Waals surface area contributed by atoms with Crippen LogP contribution in [-0.2, 0) is 10.0 Å². The molecule has 1 aliphatic heterocycles. The predicted molar refractivity (Wildman–Crippen MR) is 136 cm³/mol. The molecular formula is C27H29N3O4S. The van der Waals surface area contributed by atoms with Crippen LogP contribution in [0.2, 0.25) is 0 Å². The van der Waals surface area contributed by atoms with Crippen LogP contribution in [0.4, 0.5) is 5.69 Å². The van der Waals surface area contributed by atoms with Crippen molar-refractivity contribution in [2.45, 2.75) is 37.6 Å². The van der Waals surface area contributed by atoms with E-state index in [0.717, 1.165) is 18.4 Å². The second-order valence-electron chi connectivity index (χ2n) is 8.69. The van der Waals surface area contributed by atoms with Gasteiger partial charge in [-0.3, -0.25) is 9.59 Å². The van der Waals surface area contributed by atoms with Gasteiger partial charge in [0, 0.05) is 18.7 Å². The number of nitrogens with one attached hydrogen (secondary N) is 2. The summed E-state index contributed by atoms with van der Waals surface area (Å²) in [5.74, 6) is -0.795. The molecule has 3 aromatic rings. The van der Waals surface area contributed by atoms with Gasteiger partial charge in [0.2, 0.25) is 10.0 Å². The fraction of sp³-hybridized carbons (Fsp3) is 0.259. The highest BCUT2D eigenvalue weighted by Gasteiger charge is 2.28. The first-order valence-corrected chi connectivity index (χ1v) is 13.1. The Morgan fingerprint density at radius 2 is 1.51 bits per heavy atom. The lowest BCUT2D eigenvalue weighted by Crippen LogP contribution is -2.28. The summed E-state index contributed by atoms with van der Waals surface area (Å²) in [7, 11) is -3.66. The molecule has 1 heterocycles. The largest absolute Gasteiger partial charge is 0.345 e. The maximum atomic E-state index is 13.2. The molecule has 1 aliphatic rings. The molecule has 8 heteroatoms. The molecule has 2 amide bonds. The van der Waals surface area contributed by atoms with E-state index in [9.17, 15) is 18.0 Å². The fourth-order valence-electron chi connectivity index (χ4n) is 4.16. The van der Waals surface area contributed by atoms with E-state index in [-0.39, 0.29) is 22.4 Å². The Morgan fingerprint density at radius 1 is 0.857 bits per heavy atom. The number of carbonyl (C=O) groups excluding carboxylic acids is 2. The molecule has 0 aliphatic carbocycles. The smallest absolute Gasteiger partial charge is 0.255 e. The van der Waals surface area contributed by atoms with Crippen LogP contribution in [0.25, 0.3) is 0 Å². The van der Waals surface area contributed by atoms with Gasteiger partial charge in [0.05, 0.1) is 22.2 Å². The number of rotatable bonds is 7. The van der Waals surface area contributed by atoms with Gasteiger partial charge in [0.1, 0.15) is 0 Å². The molecule has 0 bridgehead atoms. The predicted octanol–water partition coefficient (Wildman–Crippen LogP) is 4.52. The molecule has 0 spiro atoms. The summed E-state index contributed by atoms with van der Waals surface area (Å²) >= 11 is 0. The van der Waals surface area contributed by atoms with Gasteiger partial charge in [-0.15, -0.1) is 0 Å². The molecule has 3 aromatic carbocycles. The van der Waals surface area contributed by atoms with Gasteiger partial charge >= 0.3 is 0 Å². The van der Waals surface area contributed by atoms with Crippen LogP contribution >= 0.6 is 0 Å². The first-order valence-electron chi connectivity index (χ1n) is 11.6. The number of aryl methyl sites for hydroxylation is 1. The topological polar surface area (TPSA) is 95.6 Å². The van der Waals surface area contributed by atoms with E-state index in [1.165, 1.54) is 16.4 Å². The molecule has 0 radical (unpaired) electrons. The monoisotopic (exact) mass is 491 g/mol. The summed E-state index contributed by atoms with van der Waals surface area (Å²) < 4.78 is 27.4. The van der Waals surface area contributed by atoms with Gasteiger partial charge in [-0.2, -0.15) is 4.31 Å². The van der Waals surface area contributed by atoms with Crippen LogP contribution in [0, 0.1) is 6.92 Å². The molecule has 4 rings (SSSR count). The van der Waals surface area contributed by atoms with E-state index in [0.29, 0.717) is 29.9 Å². The van der Waals surface area contributed by atoms with Gasteiger partial charge in [0.25, 0.3) is 11.8 Å². The Balaban J connectivity index is 1.55. The summed E-state index contributed by atoms with van der Waals surface area (Å²) in [4.78, 5) is 26.3. The number of benzene rings is 3. The van der Waals surface area contributed by atoms with Crippen molar-refractivity contribution >= 4 is 27.5 Å². The Bertz CT molecular complexity index is 1330. The molecule has 35 heavy (non-hydrogen) atoms. The highest BCUT2D eigenvalue weighted by atomic mass is 32.2. The number of nitrogens with zero attached hydrogens (tertiary/aromatic N) is 1. The second kappa shape index (κ2) is 10.4. The van der Waals surface area contributed by atoms with E-state index in [1.807, 2.05) is 37.3 Å². The Kier molecular flexibility index (Phi) is 7.33. The van der Waals surface area contributed by atoms with E-state index >= 15 is 0 Å². The third-order valence-electron chi connectivity index (χ3n) is 6.22. The Morgan fingerprint density at radius 3 is 2.23 bits per heavy atom. The molecule has 1 saturated heterocycles. The van der Waals surface area contributed by atoms with Gasteiger partial charge in [0.15, 0.2) is 0 Å². The highest BCUT2D eigenvalue weighted by Crippen LogP contribution is 2.24. The third-order valence-corrected chi connectivity index (χ3v) is 8.12. The van der Waals surface area contributed by atoms with Gasteiger partial charge < -0.3 is 10.6 Å². The number of hydrogen-bond acceptors (Lipinski definition) is 4. The van der Waals surface area contributed by atoms with E-state index in [1.54, 1.807) is 37.3 Å². The number of amides is 2. The molecule has 0 aromatic heterocycles. The van der Waals surface area contributed by atoms with Crippen LogP contribution < -0.4 is 10.6 Å². The van der Waals surface area contributed by atoms with Crippen molar-refractivity contribution in [3.8, 4) is 0 Å². The molecule has 0 saturated carbocycles. The first kappa shape index (κ1) is 24.6. The fourth-order valence-corrected chi connectivity index (χ4v) is 5.71. The quantitative estimate of drug-likeness (QED) is 0.508. The van der Waals surface area contributed by atoms with Crippen LogP contribution in [0.15, 0.2) is 77.7 Å². The van der Waals surface area contributed by atoms with Crippen molar-refractivity contribution in [3.05, 3.63) is 95.1 Å². The molecule has 182 valence electrons. The van der Waals surface area contributed by atoms with Gasteiger partial charge in [-0.1, -0.05) is 48.5 Å². The van der Waals surface area contributed by atoms with Crippen molar-refractivity contribution in [1.82, 2.24) is 9.62 Å². The van der Waals surface area contributed by atoms with Gasteiger partial charge in [-0.25, -0.2) is 8.42 Å². The normalized spacial score (nSPS) is 14.9. The van der Waals surface area contributed by atoms with Crippen LogP contribution in [0.1, 0.15) is 57.7 Å². The van der Waals surface area contributed by atoms with Crippen LogP contribution in [-0.4, -0.2) is 37.6 Å². The SMILES string of the molecule is Cc1ccc(S(=O)(=O)N2CCCC2)cc1C(=O)Nc1ccccc1C(=O)N[C@H](C)c1ccccc1. The molecule has 2 N–H and O–H groups in total. The summed E-state index contributed by atoms with van der Waals surface area (Å²) in [6.07, 6.45) is 1.67. The molecule has 1 atom stereocenters. The van der Waals surface area contributed by atoms with E-state index in [4.69, 9.17) is 0 Å². The lowest BCUT2D eigenvalue weighted by molar-refractivity contribution is 0.0940. The average Bonchev–Trinajstić information content (AvgIpc) is 3.41. The van der Waals surface area contributed by atoms with E-state index < -0.39 is 15.9 Å². The maximum Gasteiger partial charge on any atom is 0.255 e. The number of hydrogen-bond donors (Lipinski definition) is 2. The number of para-hydroxylation sites is 1. The minimum atomic E-state index is -3.66. The zero-order valence-corrected chi connectivity index (χ0v) is 20.6. The number of sulfonamides is 1. The molecule has 0 unspecified atom stereocenters. The minimum Gasteiger partial charge on any atom is -0.345 e. The molecule has 7 nitrogen and oxygen atoms in total. The summed E-state index contributed by atoms with van der Waals surface area (Å²) in [6, 6.07) is 20.7.